The lowest BCUT2D eigenvalue weighted by Crippen LogP contribution is -2.26. The van der Waals surface area contributed by atoms with Crippen molar-refractivity contribution in [1.29, 1.82) is 0 Å². The monoisotopic (exact) mass is 257 g/mol. The Morgan fingerprint density at radius 1 is 1.47 bits per heavy atom. The highest BCUT2D eigenvalue weighted by molar-refractivity contribution is 8.00. The number of rotatable bonds is 7. The first kappa shape index (κ1) is 14.6. The summed E-state index contributed by atoms with van der Waals surface area (Å²) in [5, 5.41) is 9.51. The molecule has 0 radical (unpaired) electrons. The predicted molar refractivity (Wildman–Crippen MR) is 73.2 cm³/mol. The minimum atomic E-state index is 0.0895. The van der Waals surface area contributed by atoms with Crippen LogP contribution in [0.2, 0.25) is 0 Å². The van der Waals surface area contributed by atoms with E-state index in [2.05, 4.69) is 13.8 Å². The maximum atomic E-state index is 8.95. The second-order valence-corrected chi connectivity index (χ2v) is 5.98. The fraction of sp³-hybridized carbons (Fsp3) is 0.692. The van der Waals surface area contributed by atoms with E-state index >= 15 is 0 Å². The van der Waals surface area contributed by atoms with Crippen LogP contribution in [0.15, 0.2) is 16.5 Å². The summed E-state index contributed by atoms with van der Waals surface area (Å²) in [6.07, 6.45) is 1.71. The van der Waals surface area contributed by atoms with Crippen molar-refractivity contribution in [2.24, 2.45) is 5.73 Å². The van der Waals surface area contributed by atoms with Crippen molar-refractivity contribution in [1.82, 2.24) is 0 Å². The van der Waals surface area contributed by atoms with Gasteiger partial charge in [-0.1, -0.05) is 13.8 Å². The number of aliphatic hydroxyl groups is 1. The summed E-state index contributed by atoms with van der Waals surface area (Å²) >= 11 is 1.79. The Morgan fingerprint density at radius 2 is 2.18 bits per heavy atom. The lowest BCUT2D eigenvalue weighted by atomic mass is 10.1. The van der Waals surface area contributed by atoms with Crippen LogP contribution in [0.4, 0.5) is 0 Å². The number of nitrogens with two attached hydrogens (primary N) is 1. The van der Waals surface area contributed by atoms with Gasteiger partial charge in [0.15, 0.2) is 0 Å². The van der Waals surface area contributed by atoms with Crippen molar-refractivity contribution in [2.45, 2.75) is 50.2 Å². The minimum absolute atomic E-state index is 0.0895. The minimum Gasteiger partial charge on any atom is -0.465 e. The van der Waals surface area contributed by atoms with Gasteiger partial charge in [0.05, 0.1) is 5.25 Å². The van der Waals surface area contributed by atoms with Crippen LogP contribution in [0.3, 0.4) is 0 Å². The summed E-state index contributed by atoms with van der Waals surface area (Å²) in [6.45, 7) is 6.37. The zero-order valence-corrected chi connectivity index (χ0v) is 11.7. The standard InChI is InChI=1S/C13H23NO2S/c1-4-11(14)13(17-10(3)7-8-15)12-6-5-9(2)16-12/h5-6,10-11,13,15H,4,7-8,14H2,1-3H3. The first-order valence-electron chi connectivity index (χ1n) is 6.16. The lowest BCUT2D eigenvalue weighted by molar-refractivity contribution is 0.288. The molecule has 98 valence electrons. The van der Waals surface area contributed by atoms with Gasteiger partial charge in [0, 0.05) is 17.9 Å². The number of thioether (sulfide) groups is 1. The van der Waals surface area contributed by atoms with E-state index in [1.807, 2.05) is 19.1 Å². The molecule has 0 aromatic carbocycles. The molecule has 3 atom stereocenters. The van der Waals surface area contributed by atoms with Crippen molar-refractivity contribution < 1.29 is 9.52 Å². The molecule has 3 nitrogen and oxygen atoms in total. The van der Waals surface area contributed by atoms with Gasteiger partial charge < -0.3 is 15.3 Å². The Hall–Kier alpha value is -0.450. The van der Waals surface area contributed by atoms with E-state index in [1.165, 1.54) is 0 Å². The van der Waals surface area contributed by atoms with Gasteiger partial charge in [0.2, 0.25) is 0 Å². The maximum absolute atomic E-state index is 8.95. The van der Waals surface area contributed by atoms with Crippen LogP contribution in [0.25, 0.3) is 0 Å². The molecule has 1 rings (SSSR count). The fourth-order valence-corrected chi connectivity index (χ4v) is 3.10. The molecule has 0 aliphatic carbocycles. The van der Waals surface area contributed by atoms with Gasteiger partial charge in [-0.15, -0.1) is 11.8 Å². The van der Waals surface area contributed by atoms with Crippen LogP contribution < -0.4 is 5.73 Å². The Labute approximate surface area is 108 Å². The molecule has 0 fully saturated rings. The third-order valence-corrected chi connectivity index (χ3v) is 4.39. The van der Waals surface area contributed by atoms with Crippen molar-refractivity contribution in [3.05, 3.63) is 23.7 Å². The maximum Gasteiger partial charge on any atom is 0.118 e. The Kier molecular flexibility index (Phi) is 6.09. The van der Waals surface area contributed by atoms with Gasteiger partial charge in [-0.2, -0.15) is 0 Å². The Morgan fingerprint density at radius 3 is 2.65 bits per heavy atom. The molecule has 0 saturated heterocycles. The van der Waals surface area contributed by atoms with E-state index in [0.29, 0.717) is 5.25 Å². The highest BCUT2D eigenvalue weighted by atomic mass is 32.2. The quantitative estimate of drug-likeness (QED) is 0.788. The molecule has 0 spiro atoms. The van der Waals surface area contributed by atoms with Crippen LogP contribution in [-0.2, 0) is 0 Å². The van der Waals surface area contributed by atoms with E-state index in [-0.39, 0.29) is 17.9 Å². The van der Waals surface area contributed by atoms with Gasteiger partial charge in [0.25, 0.3) is 0 Å². The van der Waals surface area contributed by atoms with E-state index in [1.54, 1.807) is 11.8 Å². The molecule has 3 N–H and O–H groups in total. The summed E-state index contributed by atoms with van der Waals surface area (Å²) in [5.74, 6) is 1.87. The topological polar surface area (TPSA) is 59.4 Å². The summed E-state index contributed by atoms with van der Waals surface area (Å²) in [6, 6.07) is 4.07. The zero-order valence-electron chi connectivity index (χ0n) is 10.8. The van der Waals surface area contributed by atoms with Gasteiger partial charge in [-0.05, 0) is 31.9 Å². The Bertz CT molecular complexity index is 327. The first-order valence-corrected chi connectivity index (χ1v) is 7.11. The van der Waals surface area contributed by atoms with Crippen LogP contribution in [0.5, 0.6) is 0 Å². The van der Waals surface area contributed by atoms with Gasteiger partial charge in [0.1, 0.15) is 11.5 Å². The largest absolute Gasteiger partial charge is 0.465 e. The fourth-order valence-electron chi connectivity index (χ4n) is 1.70. The van der Waals surface area contributed by atoms with E-state index in [9.17, 15) is 0 Å². The van der Waals surface area contributed by atoms with E-state index in [0.717, 1.165) is 24.4 Å². The molecule has 4 heteroatoms. The predicted octanol–water partition coefficient (Wildman–Crippen LogP) is 2.87. The Balaban J connectivity index is 2.74. The van der Waals surface area contributed by atoms with E-state index in [4.69, 9.17) is 15.3 Å². The summed E-state index contributed by atoms with van der Waals surface area (Å²) in [4.78, 5) is 0. The normalized spacial score (nSPS) is 16.8. The summed E-state index contributed by atoms with van der Waals surface area (Å²) in [5.41, 5.74) is 6.16. The van der Waals surface area contributed by atoms with Gasteiger partial charge in [-0.3, -0.25) is 0 Å². The summed E-state index contributed by atoms with van der Waals surface area (Å²) in [7, 11) is 0. The molecule has 3 unspecified atom stereocenters. The van der Waals surface area contributed by atoms with Crippen molar-refractivity contribution in [3.63, 3.8) is 0 Å². The van der Waals surface area contributed by atoms with Crippen LogP contribution in [0, 0.1) is 6.92 Å². The molecule has 0 aliphatic heterocycles. The second kappa shape index (κ2) is 7.09. The molecule has 1 aromatic rings. The first-order chi connectivity index (χ1) is 8.08. The van der Waals surface area contributed by atoms with Crippen molar-refractivity contribution in [2.75, 3.05) is 6.61 Å². The van der Waals surface area contributed by atoms with Gasteiger partial charge in [-0.25, -0.2) is 0 Å². The zero-order chi connectivity index (χ0) is 12.8. The van der Waals surface area contributed by atoms with Crippen LogP contribution >= 0.6 is 11.8 Å². The number of furan rings is 1. The average molecular weight is 257 g/mol. The molecular formula is C13H23NO2S. The molecule has 17 heavy (non-hydrogen) atoms. The van der Waals surface area contributed by atoms with Crippen LogP contribution in [-0.4, -0.2) is 23.0 Å². The number of hydrogen-bond acceptors (Lipinski definition) is 4. The number of hydrogen-bond donors (Lipinski definition) is 2. The molecular weight excluding hydrogens is 234 g/mol. The molecule has 0 bridgehead atoms. The third kappa shape index (κ3) is 4.37. The number of aliphatic hydroxyl groups excluding tert-OH is 1. The lowest BCUT2D eigenvalue weighted by Gasteiger charge is -2.23. The van der Waals surface area contributed by atoms with Crippen molar-refractivity contribution in [3.8, 4) is 0 Å². The molecule has 0 aliphatic rings. The van der Waals surface area contributed by atoms with Gasteiger partial charge >= 0.3 is 0 Å². The average Bonchev–Trinajstić information content (AvgIpc) is 2.72. The second-order valence-electron chi connectivity index (χ2n) is 4.40. The highest BCUT2D eigenvalue weighted by Gasteiger charge is 2.24. The van der Waals surface area contributed by atoms with Crippen LogP contribution in [0.1, 0.15) is 43.5 Å². The van der Waals surface area contributed by atoms with Crippen molar-refractivity contribution >= 4 is 11.8 Å². The molecule has 1 heterocycles. The third-order valence-electron chi connectivity index (χ3n) is 2.82. The highest BCUT2D eigenvalue weighted by Crippen LogP contribution is 2.37. The molecule has 0 saturated carbocycles. The van der Waals surface area contributed by atoms with E-state index < -0.39 is 0 Å². The number of aryl methyl sites for hydroxylation is 1. The molecule has 0 amide bonds. The SMILES string of the molecule is CCC(N)C(SC(C)CCO)c1ccc(C)o1. The summed E-state index contributed by atoms with van der Waals surface area (Å²) < 4.78 is 5.68. The molecule has 1 aromatic heterocycles. The smallest absolute Gasteiger partial charge is 0.118 e.